The zero-order chi connectivity index (χ0) is 95.7. The van der Waals surface area contributed by atoms with E-state index < -0.39 is 103 Å². The van der Waals surface area contributed by atoms with Gasteiger partial charge in [-0.3, -0.25) is 0 Å². The van der Waals surface area contributed by atoms with Gasteiger partial charge in [-0.25, -0.2) is 47.9 Å². The molecule has 0 amide bonds. The van der Waals surface area contributed by atoms with Crippen LogP contribution in [-0.4, -0.2) is 198 Å². The molecule has 8 aromatic rings. The summed E-state index contributed by atoms with van der Waals surface area (Å²) in [6, 6.07) is 54.7. The van der Waals surface area contributed by atoms with Crippen LogP contribution in [0, 0.1) is 0 Å². The van der Waals surface area contributed by atoms with Crippen molar-refractivity contribution in [3.8, 4) is 34.5 Å². The number of aliphatic hydroxyl groups is 1. The first kappa shape index (κ1) is 103. The molecule has 8 aromatic carbocycles. The van der Waals surface area contributed by atoms with Crippen molar-refractivity contribution in [2.75, 3.05) is 79.3 Å². The number of hydrogen-bond donors (Lipinski definition) is 2. The summed E-state index contributed by atoms with van der Waals surface area (Å²) in [6.45, 7) is 17.8. The first-order valence-electron chi connectivity index (χ1n) is 45.0. The van der Waals surface area contributed by atoms with Gasteiger partial charge < -0.3 is 90.7 Å². The smallest absolute Gasteiger partial charge is 0.343 e. The Hall–Kier alpha value is -14.1. The molecular weight excluding hydrogens is 1740 g/mol. The van der Waals surface area contributed by atoms with E-state index in [0.29, 0.717) is 81.0 Å². The van der Waals surface area contributed by atoms with Crippen LogP contribution in [0.15, 0.2) is 245 Å². The molecular formula is C106H114O29. The second-order valence-electron chi connectivity index (χ2n) is 31.4. The number of ether oxygens (including phenoxy) is 17. The Morgan fingerprint density at radius 2 is 0.481 bits per heavy atom. The van der Waals surface area contributed by atoms with E-state index in [9.17, 15) is 53.1 Å². The Morgan fingerprint density at radius 1 is 0.267 bits per heavy atom. The minimum atomic E-state index is -0.926. The quantitative estimate of drug-likeness (QED) is 0.00893. The summed E-state index contributed by atoms with van der Waals surface area (Å²) in [7, 11) is 0. The Balaban J connectivity index is 0.000000233. The number of rotatable bonds is 51. The number of carboxylic acid groups (broad SMARTS) is 1. The van der Waals surface area contributed by atoms with Crippen molar-refractivity contribution in [3.05, 3.63) is 300 Å². The van der Waals surface area contributed by atoms with E-state index in [-0.39, 0.29) is 60.6 Å². The molecule has 8 atom stereocenters. The van der Waals surface area contributed by atoms with Gasteiger partial charge in [0.1, 0.15) is 65.0 Å². The number of aromatic carboxylic acids is 1. The van der Waals surface area contributed by atoms with E-state index >= 15 is 0 Å². The average Bonchev–Trinajstić information content (AvgIpc) is 1.65. The van der Waals surface area contributed by atoms with Gasteiger partial charge in [-0.05, 0) is 271 Å². The molecule has 4 saturated heterocycles. The highest BCUT2D eigenvalue weighted by molar-refractivity contribution is 5.94. The van der Waals surface area contributed by atoms with E-state index in [4.69, 9.17) is 85.6 Å². The Labute approximate surface area is 784 Å². The minimum Gasteiger partial charge on any atom is -0.494 e. The predicted molar refractivity (Wildman–Crippen MR) is 499 cm³/mol. The first-order valence-corrected chi connectivity index (χ1v) is 45.0. The topological polar surface area (TPSA) is 368 Å². The monoisotopic (exact) mass is 1850 g/mol. The van der Waals surface area contributed by atoms with Gasteiger partial charge in [0.25, 0.3) is 0 Å². The molecule has 0 aromatic heterocycles. The van der Waals surface area contributed by atoms with E-state index in [1.807, 2.05) is 85.0 Å². The molecule has 0 radical (unpaired) electrons. The van der Waals surface area contributed by atoms with Crippen molar-refractivity contribution in [1.82, 2.24) is 0 Å². The van der Waals surface area contributed by atoms with Crippen molar-refractivity contribution >= 4 is 84.0 Å². The number of carboxylic acids is 1. The number of fused-ring (bicyclic) bond motifs is 2. The molecule has 0 unspecified atom stereocenters. The largest absolute Gasteiger partial charge is 0.494 e. The molecule has 0 bridgehead atoms. The molecule has 712 valence electrons. The van der Waals surface area contributed by atoms with Crippen molar-refractivity contribution in [3.63, 3.8) is 0 Å². The summed E-state index contributed by atoms with van der Waals surface area (Å²) < 4.78 is 93.5. The van der Waals surface area contributed by atoms with Crippen LogP contribution in [-0.2, 0) is 71.3 Å². The highest BCUT2D eigenvalue weighted by Crippen LogP contribution is 2.34. The number of carbonyl (C=O) groups excluding carboxylic acids is 9. The normalized spacial score (nSPS) is 17.0. The molecule has 2 N–H and O–H groups in total. The highest BCUT2D eigenvalue weighted by Gasteiger charge is 2.52. The van der Waals surface area contributed by atoms with Crippen LogP contribution >= 0.6 is 0 Å². The lowest BCUT2D eigenvalue weighted by molar-refractivity contribution is -0.138. The maximum absolute atomic E-state index is 13.1. The molecule has 135 heavy (non-hydrogen) atoms. The zero-order valence-corrected chi connectivity index (χ0v) is 75.3. The second-order valence-corrected chi connectivity index (χ2v) is 31.4. The van der Waals surface area contributed by atoms with Gasteiger partial charge in [0.2, 0.25) is 0 Å². The molecule has 0 spiro atoms. The fourth-order valence-electron chi connectivity index (χ4n) is 13.9. The Bertz CT molecular complexity index is 5200. The van der Waals surface area contributed by atoms with E-state index in [0.717, 1.165) is 149 Å². The van der Waals surface area contributed by atoms with Gasteiger partial charge in [-0.1, -0.05) is 99.2 Å². The third-order valence-corrected chi connectivity index (χ3v) is 21.4. The van der Waals surface area contributed by atoms with Gasteiger partial charge in [0.15, 0.2) is 18.3 Å². The summed E-state index contributed by atoms with van der Waals surface area (Å²) >= 11 is 0. The molecule has 4 aliphatic heterocycles. The van der Waals surface area contributed by atoms with Crippen molar-refractivity contribution in [1.29, 1.82) is 0 Å². The maximum Gasteiger partial charge on any atom is 0.343 e. The second kappa shape index (κ2) is 56.7. The minimum absolute atomic E-state index is 0.0707. The van der Waals surface area contributed by atoms with Crippen LogP contribution in [0.1, 0.15) is 187 Å². The maximum atomic E-state index is 13.1. The number of hydrogen-bond acceptors (Lipinski definition) is 28. The van der Waals surface area contributed by atoms with Gasteiger partial charge in [-0.15, -0.1) is 0 Å². The molecule has 4 aliphatic rings. The lowest BCUT2D eigenvalue weighted by atomic mass is 10.1. The van der Waals surface area contributed by atoms with E-state index in [1.165, 1.54) is 60.7 Å². The van der Waals surface area contributed by atoms with Crippen LogP contribution in [0.4, 0.5) is 0 Å². The van der Waals surface area contributed by atoms with E-state index in [1.54, 1.807) is 84.9 Å². The third kappa shape index (κ3) is 35.8. The predicted octanol–water partition coefficient (Wildman–Crippen LogP) is 17.4. The summed E-state index contributed by atoms with van der Waals surface area (Å²) in [5.41, 5.74) is 5.73. The SMILES string of the molecule is C=CC(=O)OCCCCCCOc1ccc(/C=C/c2ccc(C(=O)O)cc2)cc1.C=CC(=O)OCCCCCCOc1ccc(/C=C/c2ccc(C(=O)O[C@@H]3CO[C@H]4[C@@H]3OC[C@@H]4OC(=O)c3ccc(OC(=O)c4ccc(OCCCCCCOC(=O)C=C)cc4)cc3)cc2)cc1.C=CC(=O)OCCCCCCOc1ccc(C(=O)Oc2ccc(C(=O)O[C@H]3CO[C@H]4[C@@H]3OC[C@H]4O)cc2)cc1. The number of esters is 9. The van der Waals surface area contributed by atoms with Crippen LogP contribution in [0.2, 0.25) is 0 Å². The zero-order valence-electron chi connectivity index (χ0n) is 75.3. The lowest BCUT2D eigenvalue weighted by Crippen LogP contribution is -2.36. The van der Waals surface area contributed by atoms with Crippen molar-refractivity contribution in [2.45, 2.75) is 152 Å². The van der Waals surface area contributed by atoms with Crippen LogP contribution in [0.3, 0.4) is 0 Å². The molecule has 29 heteroatoms. The van der Waals surface area contributed by atoms with Crippen LogP contribution in [0.25, 0.3) is 24.3 Å². The fourth-order valence-corrected chi connectivity index (χ4v) is 13.9. The fraction of sp³-hybridized carbons (Fsp3) is 0.340. The molecule has 29 nitrogen and oxygen atoms in total. The molecule has 4 heterocycles. The van der Waals surface area contributed by atoms with Gasteiger partial charge in [-0.2, -0.15) is 0 Å². The van der Waals surface area contributed by atoms with Crippen LogP contribution in [0.5, 0.6) is 34.5 Å². The van der Waals surface area contributed by atoms with Crippen molar-refractivity contribution in [2.24, 2.45) is 0 Å². The lowest BCUT2D eigenvalue weighted by Gasteiger charge is -2.17. The van der Waals surface area contributed by atoms with Gasteiger partial charge >= 0.3 is 59.7 Å². The molecule has 12 rings (SSSR count). The Kier molecular flexibility index (Phi) is 43.3. The summed E-state index contributed by atoms with van der Waals surface area (Å²) in [4.78, 5) is 119. The average molecular weight is 1850 g/mol. The van der Waals surface area contributed by atoms with Gasteiger partial charge in [0.05, 0.1) is 113 Å². The molecule has 0 saturated carbocycles. The third-order valence-electron chi connectivity index (χ3n) is 21.4. The van der Waals surface area contributed by atoms with Gasteiger partial charge in [0, 0.05) is 24.3 Å². The number of unbranched alkanes of at least 4 members (excludes halogenated alkanes) is 12. The Morgan fingerprint density at radius 3 is 0.756 bits per heavy atom. The highest BCUT2D eigenvalue weighted by atomic mass is 16.7. The standard InChI is InChI=1S/C53H56O14.C29H32O10.C24H26O5/c1-3-47(54)61-33-11-7-5-9-31-59-42-25-17-38(18-26-42)14-13-37-15-19-39(20-16-37)52(57)66-45-35-63-50-46(36-64-49(45)50)67-53(58)41-23-29-44(30-24-41)65-51(56)40-21-27-43(28-22-40)60-32-10-6-8-12-34-62-48(55)4-2;1-2-25(31)35-16-6-4-3-5-15-34-21-11-7-19(8-12-21)28(32)38-22-13-9-20(10-14-22)29(33)39-24-18-37-26-23(30)17-36-27(24)26;1-2-23(25)29-18-6-4-3-5-17-28-22-15-11-20(12-16-22)8-7-19-9-13-21(14-10-19)24(26)27/h3-4,13-30,45-46,49-50H,1-2,5-12,31-36H2;2,7-14,23-24,26-27,30H,1,3-6,15-18H2;2,7-16H,1,3-6,17-18H2,(H,26,27)/b14-13+;;8-7+/t45-,46+,49-,50-;23-,24+,26-,27-;/m11./s1. The summed E-state index contributed by atoms with van der Waals surface area (Å²) in [5.74, 6) is -1.90. The van der Waals surface area contributed by atoms with Crippen LogP contribution < -0.4 is 28.4 Å². The molecule has 0 aliphatic carbocycles. The number of carbonyl (C=O) groups is 10. The first-order chi connectivity index (χ1) is 65.7. The summed E-state index contributed by atoms with van der Waals surface area (Å²) in [5, 5.41) is 18.7. The summed E-state index contributed by atoms with van der Waals surface area (Å²) in [6.07, 6.45) is 22.0. The molecule has 4 fully saturated rings. The van der Waals surface area contributed by atoms with E-state index in [2.05, 4.69) is 26.3 Å². The van der Waals surface area contributed by atoms with Crippen molar-refractivity contribution < 1.29 is 139 Å². The number of benzene rings is 8. The number of aliphatic hydroxyl groups excluding tert-OH is 1.